The van der Waals surface area contributed by atoms with Gasteiger partial charge in [-0.05, 0) is 23.5 Å². The Hall–Kier alpha value is -0.740. The molecule has 102 valence electrons. The molecule has 3 rings (SSSR count). The van der Waals surface area contributed by atoms with E-state index in [-0.39, 0.29) is 17.0 Å². The Labute approximate surface area is 129 Å². The highest BCUT2D eigenvalue weighted by molar-refractivity contribution is 8.93. The van der Waals surface area contributed by atoms with Crippen molar-refractivity contribution in [2.45, 2.75) is 20.3 Å². The first kappa shape index (κ1) is 14.7. The van der Waals surface area contributed by atoms with Crippen LogP contribution in [-0.2, 0) is 6.42 Å². The second kappa shape index (κ2) is 6.14. The van der Waals surface area contributed by atoms with Crippen molar-refractivity contribution < 1.29 is 0 Å². The first-order valence-corrected chi connectivity index (χ1v) is 7.40. The van der Waals surface area contributed by atoms with Crippen molar-refractivity contribution in [3.8, 4) is 0 Å². The molecule has 0 unspecified atom stereocenters. The lowest BCUT2D eigenvalue weighted by Gasteiger charge is -2.17. The van der Waals surface area contributed by atoms with Crippen molar-refractivity contribution in [1.29, 1.82) is 0 Å². The van der Waals surface area contributed by atoms with Crippen LogP contribution in [0, 0.1) is 5.92 Å². The standard InChI is InChI=1S/C15H18N2S.BrH/c1-11(2)9-12-3-5-13(6-4-12)14-10-18-15-16-7-8-17(14)15;/h3-6,10-11H,7-9H2,1-2H3;1H. The summed E-state index contributed by atoms with van der Waals surface area (Å²) >= 11 is 1.74. The molecule has 0 aromatic heterocycles. The lowest BCUT2D eigenvalue weighted by atomic mass is 10.0. The van der Waals surface area contributed by atoms with Gasteiger partial charge in [0.2, 0.25) is 0 Å². The molecule has 19 heavy (non-hydrogen) atoms. The third kappa shape index (κ3) is 3.06. The summed E-state index contributed by atoms with van der Waals surface area (Å²) in [5.74, 6) is 0.717. The van der Waals surface area contributed by atoms with Gasteiger partial charge in [-0.15, -0.1) is 17.0 Å². The van der Waals surface area contributed by atoms with E-state index in [0.29, 0.717) is 0 Å². The van der Waals surface area contributed by atoms with E-state index in [1.807, 2.05) is 0 Å². The number of amidine groups is 1. The average molecular weight is 339 g/mol. The molecule has 0 amide bonds. The minimum Gasteiger partial charge on any atom is -0.318 e. The predicted octanol–water partition coefficient (Wildman–Crippen LogP) is 4.18. The van der Waals surface area contributed by atoms with Gasteiger partial charge in [0.15, 0.2) is 5.17 Å². The summed E-state index contributed by atoms with van der Waals surface area (Å²) in [5.41, 5.74) is 4.05. The number of halogens is 1. The topological polar surface area (TPSA) is 15.6 Å². The number of hydrogen-bond donors (Lipinski definition) is 0. The first-order valence-electron chi connectivity index (χ1n) is 6.52. The van der Waals surface area contributed by atoms with Gasteiger partial charge in [-0.3, -0.25) is 4.99 Å². The number of benzene rings is 1. The molecule has 0 saturated carbocycles. The van der Waals surface area contributed by atoms with Crippen LogP contribution in [0.5, 0.6) is 0 Å². The number of thioether (sulfide) groups is 1. The molecular formula is C15H19BrN2S. The number of hydrogen-bond acceptors (Lipinski definition) is 3. The quantitative estimate of drug-likeness (QED) is 0.821. The Morgan fingerprint density at radius 2 is 2.00 bits per heavy atom. The average Bonchev–Trinajstić information content (AvgIpc) is 2.91. The van der Waals surface area contributed by atoms with Crippen LogP contribution in [0.25, 0.3) is 5.70 Å². The fourth-order valence-corrected chi connectivity index (χ4v) is 3.39. The van der Waals surface area contributed by atoms with Crippen molar-refractivity contribution in [1.82, 2.24) is 4.90 Å². The van der Waals surface area contributed by atoms with Crippen molar-refractivity contribution in [2.75, 3.05) is 13.1 Å². The van der Waals surface area contributed by atoms with Gasteiger partial charge >= 0.3 is 0 Å². The smallest absolute Gasteiger partial charge is 0.168 e. The molecule has 0 bridgehead atoms. The maximum atomic E-state index is 4.48. The number of aliphatic imine (C=N–C) groups is 1. The Morgan fingerprint density at radius 3 is 2.68 bits per heavy atom. The van der Waals surface area contributed by atoms with Crippen LogP contribution in [0.3, 0.4) is 0 Å². The molecule has 0 N–H and O–H groups in total. The highest BCUT2D eigenvalue weighted by Crippen LogP contribution is 2.35. The third-order valence-electron chi connectivity index (χ3n) is 3.26. The largest absolute Gasteiger partial charge is 0.318 e. The lowest BCUT2D eigenvalue weighted by Crippen LogP contribution is -2.19. The SMILES string of the molecule is Br.CC(C)Cc1ccc(C2=CSC3=NCCN23)cc1. The highest BCUT2D eigenvalue weighted by Gasteiger charge is 2.26. The van der Waals surface area contributed by atoms with Crippen LogP contribution >= 0.6 is 28.7 Å². The van der Waals surface area contributed by atoms with E-state index < -0.39 is 0 Å². The maximum Gasteiger partial charge on any atom is 0.168 e. The Bertz CT molecular complexity index is 505. The molecule has 0 fully saturated rings. The molecule has 0 spiro atoms. The number of nitrogens with zero attached hydrogens (tertiary/aromatic N) is 2. The van der Waals surface area contributed by atoms with Gasteiger partial charge in [-0.1, -0.05) is 49.9 Å². The first-order chi connectivity index (χ1) is 8.74. The van der Waals surface area contributed by atoms with Gasteiger partial charge in [-0.25, -0.2) is 0 Å². The molecule has 0 atom stereocenters. The van der Waals surface area contributed by atoms with Crippen LogP contribution in [0.15, 0.2) is 34.7 Å². The summed E-state index contributed by atoms with van der Waals surface area (Å²) in [6.07, 6.45) is 1.16. The fourth-order valence-electron chi connectivity index (χ4n) is 2.43. The van der Waals surface area contributed by atoms with Crippen LogP contribution in [0.4, 0.5) is 0 Å². The van der Waals surface area contributed by atoms with Gasteiger partial charge in [-0.2, -0.15) is 0 Å². The van der Waals surface area contributed by atoms with Crippen molar-refractivity contribution in [2.24, 2.45) is 10.9 Å². The van der Waals surface area contributed by atoms with Crippen LogP contribution in [0.1, 0.15) is 25.0 Å². The summed E-state index contributed by atoms with van der Waals surface area (Å²) < 4.78 is 0. The van der Waals surface area contributed by atoms with Gasteiger partial charge in [0.25, 0.3) is 0 Å². The summed E-state index contributed by atoms with van der Waals surface area (Å²) in [5, 5.41) is 3.38. The molecular weight excluding hydrogens is 320 g/mol. The van der Waals surface area contributed by atoms with Crippen LogP contribution in [-0.4, -0.2) is 23.2 Å². The molecule has 0 aliphatic carbocycles. The second-order valence-electron chi connectivity index (χ2n) is 5.23. The molecule has 4 heteroatoms. The maximum absolute atomic E-state index is 4.48. The predicted molar refractivity (Wildman–Crippen MR) is 89.9 cm³/mol. The van der Waals surface area contributed by atoms with Crippen molar-refractivity contribution in [3.05, 3.63) is 40.8 Å². The second-order valence-corrected chi connectivity index (χ2v) is 6.07. The minimum absolute atomic E-state index is 0. The van der Waals surface area contributed by atoms with Gasteiger partial charge in [0.1, 0.15) is 0 Å². The van der Waals surface area contributed by atoms with Gasteiger partial charge in [0.05, 0.1) is 12.2 Å². The Kier molecular flexibility index (Phi) is 4.74. The van der Waals surface area contributed by atoms with Crippen molar-refractivity contribution in [3.63, 3.8) is 0 Å². The highest BCUT2D eigenvalue weighted by atomic mass is 79.9. The van der Waals surface area contributed by atoms with E-state index in [1.54, 1.807) is 11.8 Å². The normalized spacial score (nSPS) is 17.1. The third-order valence-corrected chi connectivity index (χ3v) is 4.16. The molecule has 2 aliphatic heterocycles. The van der Waals surface area contributed by atoms with E-state index in [1.165, 1.54) is 16.8 Å². The van der Waals surface area contributed by atoms with Gasteiger partial charge < -0.3 is 4.90 Å². The molecule has 1 aromatic carbocycles. The zero-order valence-electron chi connectivity index (χ0n) is 11.3. The summed E-state index contributed by atoms with van der Waals surface area (Å²) in [7, 11) is 0. The van der Waals surface area contributed by atoms with Crippen LogP contribution in [0.2, 0.25) is 0 Å². The van der Waals surface area contributed by atoms with E-state index in [2.05, 4.69) is 53.4 Å². The Morgan fingerprint density at radius 1 is 1.26 bits per heavy atom. The minimum atomic E-state index is 0. The summed E-state index contributed by atoms with van der Waals surface area (Å²) in [4.78, 5) is 6.81. The van der Waals surface area contributed by atoms with Crippen LogP contribution < -0.4 is 0 Å². The molecule has 2 nitrogen and oxygen atoms in total. The fraction of sp³-hybridized carbons (Fsp3) is 0.400. The summed E-state index contributed by atoms with van der Waals surface area (Å²) in [6.45, 7) is 6.49. The molecule has 2 heterocycles. The van der Waals surface area contributed by atoms with Gasteiger partial charge in [0, 0.05) is 12.0 Å². The number of fused-ring (bicyclic) bond motifs is 1. The van der Waals surface area contributed by atoms with Crippen molar-refractivity contribution >= 4 is 39.6 Å². The molecule has 0 saturated heterocycles. The summed E-state index contributed by atoms with van der Waals surface area (Å²) in [6, 6.07) is 8.99. The zero-order valence-corrected chi connectivity index (χ0v) is 13.8. The monoisotopic (exact) mass is 338 g/mol. The van der Waals surface area contributed by atoms with E-state index in [4.69, 9.17) is 0 Å². The molecule has 1 aromatic rings. The number of rotatable bonds is 3. The molecule has 0 radical (unpaired) electrons. The van der Waals surface area contributed by atoms with E-state index in [9.17, 15) is 0 Å². The zero-order chi connectivity index (χ0) is 12.5. The lowest BCUT2D eigenvalue weighted by molar-refractivity contribution is 0.645. The molecule has 2 aliphatic rings. The van der Waals surface area contributed by atoms with E-state index in [0.717, 1.165) is 30.6 Å². The van der Waals surface area contributed by atoms with E-state index >= 15 is 0 Å². The Balaban J connectivity index is 0.00000133.